The fourth-order valence-electron chi connectivity index (χ4n) is 2.78. The molecule has 1 atom stereocenters. The molecule has 0 spiro atoms. The van der Waals surface area contributed by atoms with E-state index in [0.717, 1.165) is 16.9 Å². The molecule has 1 unspecified atom stereocenters. The van der Waals surface area contributed by atoms with Crippen LogP contribution in [0.2, 0.25) is 0 Å². The van der Waals surface area contributed by atoms with E-state index in [0.29, 0.717) is 19.0 Å². The number of hydrogen-bond donors (Lipinski definition) is 2. The Bertz CT molecular complexity index is 937. The Morgan fingerprint density at radius 2 is 1.93 bits per heavy atom. The number of fused-ring (bicyclic) bond motifs is 1. The largest absolute Gasteiger partial charge is 0.486 e. The van der Waals surface area contributed by atoms with Gasteiger partial charge in [-0.2, -0.15) is 0 Å². The summed E-state index contributed by atoms with van der Waals surface area (Å²) in [7, 11) is 3.69. The summed E-state index contributed by atoms with van der Waals surface area (Å²) in [6.45, 7) is 2.89. The van der Waals surface area contributed by atoms with Crippen molar-refractivity contribution in [3.63, 3.8) is 0 Å². The molecule has 0 amide bonds. The number of imidazole rings is 1. The van der Waals surface area contributed by atoms with Crippen LogP contribution in [0.4, 0.5) is 4.39 Å². The van der Waals surface area contributed by atoms with Crippen molar-refractivity contribution >= 4 is 17.0 Å². The highest BCUT2D eigenvalue weighted by atomic mass is 19.1. The van der Waals surface area contributed by atoms with Crippen LogP contribution in [0.25, 0.3) is 11.0 Å². The Labute approximate surface area is 158 Å². The third-order valence-corrected chi connectivity index (χ3v) is 4.24. The summed E-state index contributed by atoms with van der Waals surface area (Å²) in [6.07, 6.45) is -0.226. The lowest BCUT2D eigenvalue weighted by Crippen LogP contribution is -2.41. The second kappa shape index (κ2) is 8.53. The third kappa shape index (κ3) is 4.55. The van der Waals surface area contributed by atoms with Gasteiger partial charge < -0.3 is 19.9 Å². The Morgan fingerprint density at radius 3 is 2.67 bits per heavy atom. The number of nitrogens with zero attached hydrogens (tertiary/aromatic N) is 3. The van der Waals surface area contributed by atoms with Gasteiger partial charge in [0.25, 0.3) is 0 Å². The number of aromatic nitrogens is 2. The van der Waals surface area contributed by atoms with E-state index in [1.165, 1.54) is 6.07 Å². The second-order valence-corrected chi connectivity index (χ2v) is 6.24. The highest BCUT2D eigenvalue weighted by molar-refractivity contribution is 5.80. The van der Waals surface area contributed by atoms with Gasteiger partial charge in [0, 0.05) is 14.1 Å². The predicted octanol–water partition coefficient (Wildman–Crippen LogP) is 2.84. The van der Waals surface area contributed by atoms with Gasteiger partial charge in [-0.25, -0.2) is 9.37 Å². The number of guanidine groups is 1. The Kier molecular flexibility index (Phi) is 5.90. The zero-order chi connectivity index (χ0) is 19.2. The summed E-state index contributed by atoms with van der Waals surface area (Å²) < 4.78 is 21.3. The van der Waals surface area contributed by atoms with Crippen LogP contribution in [0.5, 0.6) is 5.75 Å². The molecule has 1 aromatic heterocycles. The van der Waals surface area contributed by atoms with Crippen LogP contribution in [0.15, 0.2) is 53.5 Å². The minimum Gasteiger partial charge on any atom is -0.486 e. The number of nitrogens with one attached hydrogen (secondary N) is 2. The molecule has 3 aromatic rings. The molecule has 0 saturated carbocycles. The average Bonchev–Trinajstić information content (AvgIpc) is 3.00. The normalized spacial score (nSPS) is 12.8. The summed E-state index contributed by atoms with van der Waals surface area (Å²) in [6, 6.07) is 14.4. The first kappa shape index (κ1) is 18.7. The van der Waals surface area contributed by atoms with Gasteiger partial charge in [0.1, 0.15) is 11.9 Å². The molecule has 0 fully saturated rings. The predicted molar refractivity (Wildman–Crippen MR) is 105 cm³/mol. The van der Waals surface area contributed by atoms with Crippen LogP contribution in [0.1, 0.15) is 12.7 Å². The van der Waals surface area contributed by atoms with Crippen LogP contribution in [0.3, 0.4) is 0 Å². The number of aliphatic imine (C=N–C) groups is 1. The summed E-state index contributed by atoms with van der Waals surface area (Å²) >= 11 is 0. The molecule has 2 aromatic carbocycles. The van der Waals surface area contributed by atoms with Crippen LogP contribution in [-0.2, 0) is 13.6 Å². The van der Waals surface area contributed by atoms with Gasteiger partial charge in [-0.1, -0.05) is 24.3 Å². The lowest BCUT2D eigenvalue weighted by Gasteiger charge is -2.18. The zero-order valence-corrected chi connectivity index (χ0v) is 15.7. The van der Waals surface area contributed by atoms with Crippen molar-refractivity contribution in [1.29, 1.82) is 0 Å². The van der Waals surface area contributed by atoms with Gasteiger partial charge >= 0.3 is 0 Å². The average molecular weight is 369 g/mol. The molecule has 0 aliphatic carbocycles. The minimum atomic E-state index is -0.367. The Hall–Kier alpha value is -3.09. The molecule has 2 N–H and O–H groups in total. The van der Waals surface area contributed by atoms with E-state index in [1.54, 1.807) is 25.2 Å². The molecule has 1 heterocycles. The molecule has 0 aliphatic heterocycles. The first-order valence-electron chi connectivity index (χ1n) is 8.84. The fraction of sp³-hybridized carbons (Fsp3) is 0.300. The second-order valence-electron chi connectivity index (χ2n) is 6.24. The smallest absolute Gasteiger partial charge is 0.191 e. The van der Waals surface area contributed by atoms with Gasteiger partial charge in [-0.15, -0.1) is 0 Å². The molecule has 142 valence electrons. The maximum absolute atomic E-state index is 13.7. The summed E-state index contributed by atoms with van der Waals surface area (Å²) in [5.41, 5.74) is 2.05. The van der Waals surface area contributed by atoms with E-state index in [9.17, 15) is 4.39 Å². The van der Waals surface area contributed by atoms with E-state index in [1.807, 2.05) is 38.2 Å². The quantitative estimate of drug-likeness (QED) is 0.518. The molecule has 0 aliphatic rings. The maximum atomic E-state index is 13.7. The van der Waals surface area contributed by atoms with Crippen molar-refractivity contribution in [2.24, 2.45) is 12.0 Å². The summed E-state index contributed by atoms with van der Waals surface area (Å²) in [5, 5.41) is 6.43. The topological polar surface area (TPSA) is 63.5 Å². The van der Waals surface area contributed by atoms with Crippen molar-refractivity contribution in [1.82, 2.24) is 20.2 Å². The van der Waals surface area contributed by atoms with Crippen LogP contribution >= 0.6 is 0 Å². The van der Waals surface area contributed by atoms with Crippen LogP contribution < -0.4 is 15.4 Å². The van der Waals surface area contributed by atoms with Crippen molar-refractivity contribution in [3.8, 4) is 5.75 Å². The minimum absolute atomic E-state index is 0.226. The number of rotatable bonds is 6. The SMILES string of the molecule is CN=C(NCc1nc2ccccc2n1C)NCC(C)Oc1ccccc1F. The number of benzene rings is 2. The number of para-hydroxylation sites is 3. The maximum Gasteiger partial charge on any atom is 0.191 e. The molecular formula is C20H24FN5O. The Balaban J connectivity index is 1.53. The van der Waals surface area contributed by atoms with E-state index >= 15 is 0 Å². The molecule has 7 heteroatoms. The number of aryl methyl sites for hydroxylation is 1. The zero-order valence-electron chi connectivity index (χ0n) is 15.7. The van der Waals surface area contributed by atoms with E-state index in [4.69, 9.17) is 4.74 Å². The summed E-state index contributed by atoms with van der Waals surface area (Å²) in [4.78, 5) is 8.84. The number of halogens is 1. The van der Waals surface area contributed by atoms with Crippen LogP contribution in [0, 0.1) is 5.82 Å². The lowest BCUT2D eigenvalue weighted by atomic mass is 10.3. The van der Waals surface area contributed by atoms with Crippen molar-refractivity contribution in [2.75, 3.05) is 13.6 Å². The van der Waals surface area contributed by atoms with Crippen molar-refractivity contribution in [2.45, 2.75) is 19.6 Å². The van der Waals surface area contributed by atoms with E-state index in [2.05, 4.69) is 25.2 Å². The molecule has 27 heavy (non-hydrogen) atoms. The molecule has 6 nitrogen and oxygen atoms in total. The van der Waals surface area contributed by atoms with Gasteiger partial charge in [0.2, 0.25) is 0 Å². The van der Waals surface area contributed by atoms with Gasteiger partial charge in [0.15, 0.2) is 17.5 Å². The van der Waals surface area contributed by atoms with E-state index in [-0.39, 0.29) is 17.7 Å². The number of hydrogen-bond acceptors (Lipinski definition) is 3. The van der Waals surface area contributed by atoms with Crippen molar-refractivity contribution in [3.05, 3.63) is 60.2 Å². The summed E-state index contributed by atoms with van der Waals surface area (Å²) in [5.74, 6) is 1.42. The lowest BCUT2D eigenvalue weighted by molar-refractivity contribution is 0.214. The monoisotopic (exact) mass is 369 g/mol. The first-order chi connectivity index (χ1) is 13.1. The third-order valence-electron chi connectivity index (χ3n) is 4.24. The van der Waals surface area contributed by atoms with Gasteiger partial charge in [-0.05, 0) is 31.2 Å². The highest BCUT2D eigenvalue weighted by Gasteiger charge is 2.10. The Morgan fingerprint density at radius 1 is 1.19 bits per heavy atom. The van der Waals surface area contributed by atoms with Crippen LogP contribution in [-0.4, -0.2) is 35.2 Å². The van der Waals surface area contributed by atoms with E-state index < -0.39 is 0 Å². The van der Waals surface area contributed by atoms with Gasteiger partial charge in [-0.3, -0.25) is 4.99 Å². The number of ether oxygens (including phenoxy) is 1. The first-order valence-corrected chi connectivity index (χ1v) is 8.84. The molecule has 0 radical (unpaired) electrons. The van der Waals surface area contributed by atoms with Crippen molar-refractivity contribution < 1.29 is 9.13 Å². The molecule has 3 rings (SSSR count). The molecule has 0 bridgehead atoms. The molecular weight excluding hydrogens is 345 g/mol. The van der Waals surface area contributed by atoms with Gasteiger partial charge in [0.05, 0.1) is 24.1 Å². The highest BCUT2D eigenvalue weighted by Crippen LogP contribution is 2.17. The molecule has 0 saturated heterocycles. The standard InChI is InChI=1S/C20H24FN5O/c1-14(27-18-11-7-4-8-15(18)21)12-23-20(22-2)24-13-19-25-16-9-5-6-10-17(16)26(19)3/h4-11,14H,12-13H2,1-3H3,(H2,22,23,24). The fourth-order valence-corrected chi connectivity index (χ4v) is 2.78.